The predicted octanol–water partition coefficient (Wildman–Crippen LogP) is 6.66. The molecule has 0 spiro atoms. The molecule has 6 nitrogen and oxygen atoms in total. The standard InChI is InChI=1S/C26H32F3N3O3/c1-15(2)13-32(14-16(3)4)23-10-5-17(20-12-21(20)24(33)34)11-22(23)31-25(35)30-19-8-6-18(7-9-19)26(27,28)29/h5-11,15-16,20-21H,12-14H2,1-4H3,(H,33,34)(H2,30,31,35). The van der Waals surface area contributed by atoms with E-state index in [0.717, 1.165) is 36.5 Å². The van der Waals surface area contributed by atoms with Crippen LogP contribution in [0.15, 0.2) is 42.5 Å². The van der Waals surface area contributed by atoms with Crippen molar-refractivity contribution in [3.05, 3.63) is 53.6 Å². The first-order chi connectivity index (χ1) is 16.3. The van der Waals surface area contributed by atoms with E-state index in [0.29, 0.717) is 23.9 Å². The minimum absolute atomic E-state index is 0.108. The SMILES string of the molecule is CC(C)CN(CC(C)C)c1ccc(C2CC2C(=O)O)cc1NC(=O)Nc1ccc(C(F)(F)F)cc1. The lowest BCUT2D eigenvalue weighted by molar-refractivity contribution is -0.139. The van der Waals surface area contributed by atoms with E-state index in [2.05, 4.69) is 43.2 Å². The Morgan fingerprint density at radius 3 is 2.09 bits per heavy atom. The first kappa shape index (κ1) is 26.4. The molecule has 3 rings (SSSR count). The molecule has 0 saturated heterocycles. The average molecular weight is 492 g/mol. The molecule has 1 aliphatic carbocycles. The summed E-state index contributed by atoms with van der Waals surface area (Å²) in [4.78, 5) is 26.3. The maximum absolute atomic E-state index is 12.8. The summed E-state index contributed by atoms with van der Waals surface area (Å²) in [6.07, 6.45) is -3.91. The molecule has 0 aliphatic heterocycles. The van der Waals surface area contributed by atoms with Gasteiger partial charge in [-0.05, 0) is 66.1 Å². The Kier molecular flexibility index (Phi) is 7.97. The number of urea groups is 1. The molecule has 0 bridgehead atoms. The van der Waals surface area contributed by atoms with Crippen LogP contribution in [0.25, 0.3) is 0 Å². The number of hydrogen-bond acceptors (Lipinski definition) is 3. The molecule has 2 atom stereocenters. The van der Waals surface area contributed by atoms with E-state index in [9.17, 15) is 27.9 Å². The number of alkyl halides is 3. The molecule has 0 heterocycles. The summed E-state index contributed by atoms with van der Waals surface area (Å²) in [5.41, 5.74) is 1.60. The highest BCUT2D eigenvalue weighted by Gasteiger charge is 2.44. The number of carboxylic acids is 1. The molecule has 0 aromatic heterocycles. The molecular formula is C26H32F3N3O3. The Morgan fingerprint density at radius 1 is 1.00 bits per heavy atom. The van der Waals surface area contributed by atoms with Crippen LogP contribution in [0, 0.1) is 17.8 Å². The number of nitrogens with zero attached hydrogens (tertiary/aromatic N) is 1. The lowest BCUT2D eigenvalue weighted by Gasteiger charge is -2.30. The van der Waals surface area contributed by atoms with E-state index in [4.69, 9.17) is 0 Å². The van der Waals surface area contributed by atoms with Crippen LogP contribution < -0.4 is 15.5 Å². The molecular weight excluding hydrogens is 459 g/mol. The number of benzene rings is 2. The third kappa shape index (κ3) is 7.13. The van der Waals surface area contributed by atoms with Gasteiger partial charge in [-0.3, -0.25) is 4.79 Å². The van der Waals surface area contributed by atoms with Gasteiger partial charge in [-0.25, -0.2) is 4.79 Å². The topological polar surface area (TPSA) is 81.7 Å². The lowest BCUT2D eigenvalue weighted by atomic mass is 10.0. The van der Waals surface area contributed by atoms with Crippen LogP contribution in [0.3, 0.4) is 0 Å². The third-order valence-electron chi connectivity index (χ3n) is 5.79. The average Bonchev–Trinajstić information content (AvgIpc) is 3.53. The van der Waals surface area contributed by atoms with Gasteiger partial charge in [0.2, 0.25) is 0 Å². The second-order valence-corrected chi connectivity index (χ2v) is 9.91. The first-order valence-electron chi connectivity index (χ1n) is 11.7. The first-order valence-corrected chi connectivity index (χ1v) is 11.7. The monoisotopic (exact) mass is 491 g/mol. The summed E-state index contributed by atoms with van der Waals surface area (Å²) in [6, 6.07) is 9.25. The number of hydrogen-bond donors (Lipinski definition) is 3. The molecule has 0 radical (unpaired) electrons. The van der Waals surface area contributed by atoms with E-state index in [1.165, 1.54) is 12.1 Å². The fourth-order valence-electron chi connectivity index (χ4n) is 4.18. The van der Waals surface area contributed by atoms with Crippen LogP contribution in [-0.4, -0.2) is 30.2 Å². The molecule has 2 unspecified atom stereocenters. The Hall–Kier alpha value is -3.23. The van der Waals surface area contributed by atoms with Crippen molar-refractivity contribution in [2.24, 2.45) is 17.8 Å². The number of carboxylic acid groups (broad SMARTS) is 1. The number of rotatable bonds is 9. The van der Waals surface area contributed by atoms with Gasteiger partial charge in [0.25, 0.3) is 0 Å². The van der Waals surface area contributed by atoms with Crippen LogP contribution in [0.5, 0.6) is 0 Å². The van der Waals surface area contributed by atoms with Gasteiger partial charge in [0.1, 0.15) is 0 Å². The summed E-state index contributed by atoms with van der Waals surface area (Å²) in [6.45, 7) is 9.94. The zero-order chi connectivity index (χ0) is 25.9. The Labute approximate surface area is 203 Å². The van der Waals surface area contributed by atoms with Crippen molar-refractivity contribution in [3.63, 3.8) is 0 Å². The summed E-state index contributed by atoms with van der Waals surface area (Å²) >= 11 is 0. The van der Waals surface area contributed by atoms with Gasteiger partial charge in [-0.1, -0.05) is 33.8 Å². The zero-order valence-electron chi connectivity index (χ0n) is 20.3. The molecule has 9 heteroatoms. The summed E-state index contributed by atoms with van der Waals surface area (Å²) in [7, 11) is 0. The number of carbonyl (C=O) groups excluding carboxylic acids is 1. The van der Waals surface area contributed by atoms with E-state index < -0.39 is 29.7 Å². The number of halogens is 3. The van der Waals surface area contributed by atoms with Crippen molar-refractivity contribution in [2.45, 2.75) is 46.2 Å². The van der Waals surface area contributed by atoms with E-state index in [-0.39, 0.29) is 11.6 Å². The predicted molar refractivity (Wildman–Crippen MR) is 131 cm³/mol. The molecule has 190 valence electrons. The number of carbonyl (C=O) groups is 2. The fraction of sp³-hybridized carbons (Fsp3) is 0.462. The van der Waals surface area contributed by atoms with Crippen molar-refractivity contribution >= 4 is 29.1 Å². The van der Waals surface area contributed by atoms with Crippen LogP contribution in [0.1, 0.15) is 51.2 Å². The smallest absolute Gasteiger partial charge is 0.416 e. The maximum atomic E-state index is 12.8. The summed E-state index contributed by atoms with van der Waals surface area (Å²) in [5.74, 6) is -0.653. The molecule has 2 aromatic carbocycles. The van der Waals surface area contributed by atoms with Crippen molar-refractivity contribution in [1.82, 2.24) is 0 Å². The minimum Gasteiger partial charge on any atom is -0.481 e. The molecule has 1 saturated carbocycles. The largest absolute Gasteiger partial charge is 0.481 e. The van der Waals surface area contributed by atoms with Crippen molar-refractivity contribution in [1.29, 1.82) is 0 Å². The van der Waals surface area contributed by atoms with Crippen LogP contribution in [0.4, 0.5) is 35.0 Å². The Balaban J connectivity index is 1.86. The van der Waals surface area contributed by atoms with Crippen LogP contribution in [0.2, 0.25) is 0 Å². The highest BCUT2D eigenvalue weighted by atomic mass is 19.4. The van der Waals surface area contributed by atoms with Crippen molar-refractivity contribution in [2.75, 3.05) is 28.6 Å². The van der Waals surface area contributed by atoms with Crippen molar-refractivity contribution < 1.29 is 27.9 Å². The van der Waals surface area contributed by atoms with Crippen LogP contribution >= 0.6 is 0 Å². The van der Waals surface area contributed by atoms with Gasteiger partial charge < -0.3 is 20.6 Å². The van der Waals surface area contributed by atoms with Gasteiger partial charge in [0.05, 0.1) is 22.9 Å². The second-order valence-electron chi connectivity index (χ2n) is 9.91. The van der Waals surface area contributed by atoms with Gasteiger partial charge in [0.15, 0.2) is 0 Å². The van der Waals surface area contributed by atoms with E-state index in [1.54, 1.807) is 0 Å². The molecule has 3 N–H and O–H groups in total. The molecule has 2 amide bonds. The fourth-order valence-corrected chi connectivity index (χ4v) is 4.18. The van der Waals surface area contributed by atoms with Gasteiger partial charge in [0, 0.05) is 18.8 Å². The second kappa shape index (κ2) is 10.6. The number of nitrogens with one attached hydrogen (secondary N) is 2. The highest BCUT2D eigenvalue weighted by Crippen LogP contribution is 2.49. The quantitative estimate of drug-likeness (QED) is 0.367. The van der Waals surface area contributed by atoms with Gasteiger partial charge in [-0.15, -0.1) is 0 Å². The Bertz CT molecular complexity index is 1040. The minimum atomic E-state index is -4.46. The number of amides is 2. The maximum Gasteiger partial charge on any atom is 0.416 e. The number of anilines is 3. The van der Waals surface area contributed by atoms with E-state index in [1.807, 2.05) is 18.2 Å². The molecule has 1 aliphatic rings. The van der Waals surface area contributed by atoms with Crippen LogP contribution in [-0.2, 0) is 11.0 Å². The van der Waals surface area contributed by atoms with E-state index >= 15 is 0 Å². The molecule has 2 aromatic rings. The normalized spacial score (nSPS) is 17.4. The highest BCUT2D eigenvalue weighted by molar-refractivity contribution is 6.02. The zero-order valence-corrected chi connectivity index (χ0v) is 20.3. The molecule has 1 fully saturated rings. The number of aliphatic carboxylic acids is 1. The third-order valence-corrected chi connectivity index (χ3v) is 5.79. The van der Waals surface area contributed by atoms with Crippen molar-refractivity contribution in [3.8, 4) is 0 Å². The molecule has 35 heavy (non-hydrogen) atoms. The summed E-state index contributed by atoms with van der Waals surface area (Å²) in [5, 5.41) is 14.7. The van der Waals surface area contributed by atoms with Gasteiger partial charge >= 0.3 is 18.2 Å². The lowest BCUT2D eigenvalue weighted by Crippen LogP contribution is -2.32. The summed E-state index contributed by atoms with van der Waals surface area (Å²) < 4.78 is 38.4. The Morgan fingerprint density at radius 2 is 1.60 bits per heavy atom. The van der Waals surface area contributed by atoms with Gasteiger partial charge in [-0.2, -0.15) is 13.2 Å².